The number of hydrogen-bond acceptors (Lipinski definition) is 2. The Labute approximate surface area is 126 Å². The molecule has 1 unspecified atom stereocenters. The third kappa shape index (κ3) is 3.81. The van der Waals surface area contributed by atoms with Gasteiger partial charge in [0.2, 0.25) is 0 Å². The second kappa shape index (κ2) is 6.37. The molecular formula is C16H17BrFNO. The van der Waals surface area contributed by atoms with Gasteiger partial charge in [-0.05, 0) is 59.1 Å². The maximum absolute atomic E-state index is 12.9. The summed E-state index contributed by atoms with van der Waals surface area (Å²) in [4.78, 5) is 0. The van der Waals surface area contributed by atoms with Crippen molar-refractivity contribution in [2.75, 3.05) is 11.9 Å². The monoisotopic (exact) mass is 337 g/mol. The second-order valence-electron chi connectivity index (χ2n) is 5.13. The first-order chi connectivity index (χ1) is 9.52. The Hall–Kier alpha value is -1.39. The summed E-state index contributed by atoms with van der Waals surface area (Å²) < 4.78 is 13.9. The lowest BCUT2D eigenvalue weighted by Crippen LogP contribution is -2.41. The van der Waals surface area contributed by atoms with Gasteiger partial charge in [0.15, 0.2) is 0 Å². The molecule has 0 aromatic heterocycles. The fraction of sp³-hybridized carbons (Fsp3) is 0.250. The second-order valence-corrected chi connectivity index (χ2v) is 5.98. The van der Waals surface area contributed by atoms with Gasteiger partial charge in [-0.15, -0.1) is 0 Å². The van der Waals surface area contributed by atoms with Crippen molar-refractivity contribution in [1.82, 2.24) is 0 Å². The van der Waals surface area contributed by atoms with Gasteiger partial charge in [0.05, 0.1) is 12.1 Å². The molecule has 0 aliphatic rings. The molecule has 0 radical (unpaired) electrons. The number of halogens is 2. The lowest BCUT2D eigenvalue weighted by atomic mass is 9.93. The number of hydrogen-bond donors (Lipinski definition) is 2. The quantitative estimate of drug-likeness (QED) is 0.864. The Bertz CT molecular complexity index is 573. The van der Waals surface area contributed by atoms with Crippen LogP contribution in [0.1, 0.15) is 12.5 Å². The Morgan fingerprint density at radius 1 is 1.15 bits per heavy atom. The number of para-hydroxylation sites is 1. The van der Waals surface area contributed by atoms with E-state index in [1.165, 1.54) is 12.1 Å². The first-order valence-corrected chi connectivity index (χ1v) is 7.20. The van der Waals surface area contributed by atoms with Crippen molar-refractivity contribution in [2.45, 2.75) is 18.9 Å². The van der Waals surface area contributed by atoms with Crippen LogP contribution >= 0.6 is 15.9 Å². The minimum atomic E-state index is -0.512. The lowest BCUT2D eigenvalue weighted by Gasteiger charge is -2.30. The van der Waals surface area contributed by atoms with Crippen LogP contribution < -0.4 is 5.32 Å². The molecule has 0 aliphatic heterocycles. The van der Waals surface area contributed by atoms with Crippen molar-refractivity contribution in [2.24, 2.45) is 0 Å². The summed E-state index contributed by atoms with van der Waals surface area (Å²) in [5.41, 5.74) is 1.38. The molecule has 0 aliphatic carbocycles. The van der Waals surface area contributed by atoms with Crippen LogP contribution in [0.5, 0.6) is 0 Å². The maximum atomic E-state index is 12.9. The molecular weight excluding hydrogens is 321 g/mol. The van der Waals surface area contributed by atoms with Gasteiger partial charge in [-0.2, -0.15) is 0 Å². The van der Waals surface area contributed by atoms with E-state index in [1.807, 2.05) is 31.2 Å². The molecule has 2 aromatic carbocycles. The van der Waals surface area contributed by atoms with Crippen LogP contribution in [0.15, 0.2) is 53.0 Å². The summed E-state index contributed by atoms with van der Waals surface area (Å²) in [7, 11) is 0. The van der Waals surface area contributed by atoms with Crippen LogP contribution in [-0.2, 0) is 6.42 Å². The van der Waals surface area contributed by atoms with Crippen molar-refractivity contribution in [1.29, 1.82) is 0 Å². The summed E-state index contributed by atoms with van der Waals surface area (Å²) in [5, 5.41) is 13.0. The van der Waals surface area contributed by atoms with Crippen LogP contribution in [0.2, 0.25) is 0 Å². The molecule has 2 rings (SSSR count). The highest BCUT2D eigenvalue weighted by Crippen LogP contribution is 2.26. The van der Waals surface area contributed by atoms with Gasteiger partial charge in [0.25, 0.3) is 0 Å². The van der Waals surface area contributed by atoms with Gasteiger partial charge in [-0.1, -0.05) is 24.3 Å². The summed E-state index contributed by atoms with van der Waals surface area (Å²) >= 11 is 3.48. The van der Waals surface area contributed by atoms with Crippen LogP contribution in [0.25, 0.3) is 0 Å². The zero-order chi connectivity index (χ0) is 14.6. The molecule has 1 atom stereocenters. The van der Waals surface area contributed by atoms with Gasteiger partial charge < -0.3 is 10.4 Å². The number of aliphatic hydroxyl groups excluding tert-OH is 1. The van der Waals surface area contributed by atoms with Gasteiger partial charge >= 0.3 is 0 Å². The lowest BCUT2D eigenvalue weighted by molar-refractivity contribution is 0.222. The van der Waals surface area contributed by atoms with Gasteiger partial charge in [-0.25, -0.2) is 4.39 Å². The summed E-state index contributed by atoms with van der Waals surface area (Å²) in [5.74, 6) is -0.252. The molecule has 4 heteroatoms. The van der Waals surface area contributed by atoms with E-state index in [4.69, 9.17) is 0 Å². The fourth-order valence-electron chi connectivity index (χ4n) is 2.08. The molecule has 0 spiro atoms. The Morgan fingerprint density at radius 2 is 1.80 bits per heavy atom. The standard InChI is InChI=1S/C16H17BrFNO/c1-16(11-20,10-12-6-8-13(18)9-7-12)19-15-5-3-2-4-14(15)17/h2-9,19-20H,10-11H2,1H3. The highest BCUT2D eigenvalue weighted by molar-refractivity contribution is 9.10. The van der Waals surface area contributed by atoms with Crippen molar-refractivity contribution in [3.63, 3.8) is 0 Å². The predicted octanol–water partition coefficient (Wildman–Crippen LogP) is 3.99. The molecule has 2 nitrogen and oxygen atoms in total. The van der Waals surface area contributed by atoms with Crippen molar-refractivity contribution < 1.29 is 9.50 Å². The molecule has 2 aromatic rings. The summed E-state index contributed by atoms with van der Waals surface area (Å²) in [6.07, 6.45) is 0.602. The van der Waals surface area contributed by atoms with Gasteiger partial charge in [-0.3, -0.25) is 0 Å². The minimum absolute atomic E-state index is 0.0221. The van der Waals surface area contributed by atoms with Crippen LogP contribution in [-0.4, -0.2) is 17.3 Å². The van der Waals surface area contributed by atoms with Crippen LogP contribution in [0.3, 0.4) is 0 Å². The molecule has 0 heterocycles. The van der Waals surface area contributed by atoms with Crippen molar-refractivity contribution >= 4 is 21.6 Å². The normalized spacial score (nSPS) is 13.8. The fourth-order valence-corrected chi connectivity index (χ4v) is 2.46. The van der Waals surface area contributed by atoms with Gasteiger partial charge in [0, 0.05) is 10.2 Å². The molecule has 0 amide bonds. The number of rotatable bonds is 5. The smallest absolute Gasteiger partial charge is 0.123 e. The van der Waals surface area contributed by atoms with E-state index in [9.17, 15) is 9.50 Å². The van der Waals surface area contributed by atoms with E-state index >= 15 is 0 Å². The molecule has 2 N–H and O–H groups in total. The zero-order valence-electron chi connectivity index (χ0n) is 11.2. The highest BCUT2D eigenvalue weighted by Gasteiger charge is 2.24. The molecule has 106 valence electrons. The van der Waals surface area contributed by atoms with Crippen molar-refractivity contribution in [3.8, 4) is 0 Å². The zero-order valence-corrected chi connectivity index (χ0v) is 12.8. The number of benzene rings is 2. The van der Waals surface area contributed by atoms with E-state index in [0.29, 0.717) is 6.42 Å². The molecule has 20 heavy (non-hydrogen) atoms. The average Bonchev–Trinajstić information content (AvgIpc) is 2.44. The predicted molar refractivity (Wildman–Crippen MR) is 83.4 cm³/mol. The highest BCUT2D eigenvalue weighted by atomic mass is 79.9. The number of aliphatic hydroxyl groups is 1. The topological polar surface area (TPSA) is 32.3 Å². The number of nitrogens with one attached hydrogen (secondary N) is 1. The molecule has 0 bridgehead atoms. The van der Waals surface area contributed by atoms with Crippen molar-refractivity contribution in [3.05, 3.63) is 64.4 Å². The third-order valence-corrected chi connectivity index (χ3v) is 3.86. The average molecular weight is 338 g/mol. The van der Waals surface area contributed by atoms with E-state index in [-0.39, 0.29) is 12.4 Å². The Kier molecular flexibility index (Phi) is 4.78. The van der Waals surface area contributed by atoms with Crippen LogP contribution in [0.4, 0.5) is 10.1 Å². The maximum Gasteiger partial charge on any atom is 0.123 e. The largest absolute Gasteiger partial charge is 0.394 e. The number of anilines is 1. The first-order valence-electron chi connectivity index (χ1n) is 6.40. The Balaban J connectivity index is 2.17. The molecule has 0 saturated carbocycles. The van der Waals surface area contributed by atoms with E-state index < -0.39 is 5.54 Å². The summed E-state index contributed by atoms with van der Waals surface area (Å²) in [6.45, 7) is 1.92. The van der Waals surface area contributed by atoms with E-state index in [1.54, 1.807) is 12.1 Å². The minimum Gasteiger partial charge on any atom is -0.394 e. The third-order valence-electron chi connectivity index (χ3n) is 3.17. The van der Waals surface area contributed by atoms with Gasteiger partial charge in [0.1, 0.15) is 5.82 Å². The molecule has 0 saturated heterocycles. The van der Waals surface area contributed by atoms with E-state index in [0.717, 1.165) is 15.7 Å². The SMILES string of the molecule is CC(CO)(Cc1ccc(F)cc1)Nc1ccccc1Br. The molecule has 0 fully saturated rings. The first kappa shape index (κ1) is 15.0. The summed E-state index contributed by atoms with van der Waals surface area (Å²) in [6, 6.07) is 14.1. The Morgan fingerprint density at radius 3 is 2.40 bits per heavy atom. The van der Waals surface area contributed by atoms with E-state index in [2.05, 4.69) is 21.2 Å². The van der Waals surface area contributed by atoms with Crippen LogP contribution in [0, 0.1) is 5.82 Å².